The summed E-state index contributed by atoms with van der Waals surface area (Å²) in [5.41, 5.74) is 2.65. The first-order valence-electron chi connectivity index (χ1n) is 10.1. The van der Waals surface area contributed by atoms with Gasteiger partial charge in [0.05, 0.1) is 10.5 Å². The van der Waals surface area contributed by atoms with Gasteiger partial charge in [0.15, 0.2) is 5.78 Å². The molecule has 8 nitrogen and oxygen atoms in total. The maximum absolute atomic E-state index is 12.9. The number of halogens is 1. The number of para-hydroxylation sites is 1. The summed E-state index contributed by atoms with van der Waals surface area (Å²) in [5.74, 6) is 1.03. The standard InChI is InChI=1S/C22H18ClN5O3S/c23-15-8-3-1-6-13(15)12-32-22-25-21-24-16-9-5-11-18(29)19(16)20(27(21)26-22)14-7-2-4-10-17(14)28(30)31/h1-4,6-8,10,20H,5,9,11-12H2,(H,24,25,26). The Morgan fingerprint density at radius 3 is 2.78 bits per heavy atom. The van der Waals surface area contributed by atoms with Gasteiger partial charge in [0.1, 0.15) is 6.04 Å². The molecule has 0 spiro atoms. The van der Waals surface area contributed by atoms with Crippen molar-refractivity contribution in [2.24, 2.45) is 0 Å². The van der Waals surface area contributed by atoms with Gasteiger partial charge < -0.3 is 5.32 Å². The van der Waals surface area contributed by atoms with Crippen LogP contribution in [-0.2, 0) is 10.5 Å². The van der Waals surface area contributed by atoms with Gasteiger partial charge in [0.2, 0.25) is 11.1 Å². The van der Waals surface area contributed by atoms with Crippen molar-refractivity contribution in [1.29, 1.82) is 0 Å². The van der Waals surface area contributed by atoms with Crippen molar-refractivity contribution in [2.45, 2.75) is 36.2 Å². The Kier molecular flexibility index (Phi) is 5.44. The van der Waals surface area contributed by atoms with E-state index in [-0.39, 0.29) is 11.5 Å². The van der Waals surface area contributed by atoms with E-state index in [0.29, 0.717) is 45.9 Å². The Morgan fingerprint density at radius 2 is 1.97 bits per heavy atom. The summed E-state index contributed by atoms with van der Waals surface area (Å²) in [7, 11) is 0. The number of Topliss-reactive ketones (excluding diaryl/α,β-unsaturated/α-hetero) is 1. The molecule has 0 bridgehead atoms. The minimum Gasteiger partial charge on any atom is -0.328 e. The normalized spacial score (nSPS) is 17.5. The summed E-state index contributed by atoms with van der Waals surface area (Å²) in [6.07, 6.45) is 1.83. The second-order valence-corrected chi connectivity index (χ2v) is 8.90. The summed E-state index contributed by atoms with van der Waals surface area (Å²) in [5, 5.41) is 20.8. The second-order valence-electron chi connectivity index (χ2n) is 7.56. The number of hydrogen-bond donors (Lipinski definition) is 1. The van der Waals surface area contributed by atoms with Gasteiger partial charge in [0.25, 0.3) is 5.69 Å². The van der Waals surface area contributed by atoms with Crippen molar-refractivity contribution in [3.63, 3.8) is 0 Å². The average molecular weight is 468 g/mol. The minimum atomic E-state index is -0.696. The van der Waals surface area contributed by atoms with Crippen LogP contribution < -0.4 is 5.32 Å². The number of carbonyl (C=O) groups is 1. The van der Waals surface area contributed by atoms with Gasteiger partial charge in [-0.3, -0.25) is 14.9 Å². The maximum atomic E-state index is 12.9. The Balaban J connectivity index is 1.57. The third-order valence-corrected chi connectivity index (χ3v) is 6.85. The molecule has 32 heavy (non-hydrogen) atoms. The van der Waals surface area contributed by atoms with Crippen molar-refractivity contribution >= 4 is 40.8 Å². The molecule has 10 heteroatoms. The molecular formula is C22H18ClN5O3S. The predicted molar refractivity (Wildman–Crippen MR) is 122 cm³/mol. The van der Waals surface area contributed by atoms with Gasteiger partial charge in [-0.2, -0.15) is 4.98 Å². The summed E-state index contributed by atoms with van der Waals surface area (Å²) in [6, 6.07) is 13.4. The van der Waals surface area contributed by atoms with Crippen LogP contribution in [0.3, 0.4) is 0 Å². The number of nitro benzene ring substituents is 1. The van der Waals surface area contributed by atoms with Crippen molar-refractivity contribution in [1.82, 2.24) is 14.8 Å². The van der Waals surface area contributed by atoms with E-state index in [0.717, 1.165) is 17.7 Å². The third-order valence-electron chi connectivity index (χ3n) is 5.59. The molecule has 0 radical (unpaired) electrons. The number of nitro groups is 1. The quantitative estimate of drug-likeness (QED) is 0.314. The SMILES string of the molecule is O=C1CCCC2=C1C(c1ccccc1[N+](=O)[O-])n1nc(SCc3ccccc3Cl)nc1N2. The zero-order valence-corrected chi connectivity index (χ0v) is 18.4. The fourth-order valence-electron chi connectivity index (χ4n) is 4.13. The van der Waals surface area contributed by atoms with Crippen LogP contribution in [-0.4, -0.2) is 25.5 Å². The lowest BCUT2D eigenvalue weighted by Crippen LogP contribution is -2.31. The van der Waals surface area contributed by atoms with E-state index in [9.17, 15) is 14.9 Å². The predicted octanol–water partition coefficient (Wildman–Crippen LogP) is 5.15. The highest BCUT2D eigenvalue weighted by atomic mass is 35.5. The zero-order valence-electron chi connectivity index (χ0n) is 16.8. The molecule has 0 saturated carbocycles. The van der Waals surface area contributed by atoms with Crippen LogP contribution >= 0.6 is 23.4 Å². The van der Waals surface area contributed by atoms with E-state index >= 15 is 0 Å². The van der Waals surface area contributed by atoms with Gasteiger partial charge in [-0.05, 0) is 30.5 Å². The van der Waals surface area contributed by atoms with E-state index in [1.807, 2.05) is 24.3 Å². The van der Waals surface area contributed by atoms with Crippen LogP contribution in [0.25, 0.3) is 0 Å². The Hall–Kier alpha value is -3.17. The molecule has 0 fully saturated rings. The molecule has 0 saturated heterocycles. The van der Waals surface area contributed by atoms with Crippen LogP contribution in [0.1, 0.15) is 36.4 Å². The molecule has 2 aliphatic rings. The lowest BCUT2D eigenvalue weighted by atomic mass is 9.85. The van der Waals surface area contributed by atoms with Crippen LogP contribution in [0.15, 0.2) is 65.0 Å². The van der Waals surface area contributed by atoms with E-state index < -0.39 is 11.0 Å². The molecule has 1 aliphatic carbocycles. The number of hydrogen-bond acceptors (Lipinski definition) is 7. The first kappa shape index (κ1) is 20.7. The topological polar surface area (TPSA) is 103 Å². The monoisotopic (exact) mass is 467 g/mol. The van der Waals surface area contributed by atoms with Crippen LogP contribution in [0.5, 0.6) is 0 Å². The maximum Gasteiger partial charge on any atom is 0.275 e. The molecule has 2 heterocycles. The highest BCUT2D eigenvalue weighted by Crippen LogP contribution is 2.43. The first-order valence-corrected chi connectivity index (χ1v) is 11.5. The molecule has 1 unspecified atom stereocenters. The number of ketones is 1. The fraction of sp³-hybridized carbons (Fsp3) is 0.227. The molecule has 5 rings (SSSR count). The number of rotatable bonds is 5. The summed E-state index contributed by atoms with van der Waals surface area (Å²) in [4.78, 5) is 28.8. The molecule has 162 valence electrons. The average Bonchev–Trinajstić information content (AvgIpc) is 3.20. The van der Waals surface area contributed by atoms with E-state index in [1.54, 1.807) is 22.9 Å². The molecular weight excluding hydrogens is 450 g/mol. The van der Waals surface area contributed by atoms with E-state index in [1.165, 1.54) is 17.8 Å². The molecule has 2 aromatic carbocycles. The van der Waals surface area contributed by atoms with Crippen LogP contribution in [0.4, 0.5) is 11.6 Å². The number of benzene rings is 2. The molecule has 1 aliphatic heterocycles. The van der Waals surface area contributed by atoms with Crippen molar-refractivity contribution in [2.75, 3.05) is 5.32 Å². The molecule has 1 atom stereocenters. The van der Waals surface area contributed by atoms with Gasteiger partial charge in [-0.25, -0.2) is 4.68 Å². The Morgan fingerprint density at radius 1 is 1.19 bits per heavy atom. The smallest absolute Gasteiger partial charge is 0.275 e. The summed E-state index contributed by atoms with van der Waals surface area (Å²) >= 11 is 7.68. The van der Waals surface area contributed by atoms with Gasteiger partial charge in [-0.1, -0.05) is 53.7 Å². The van der Waals surface area contributed by atoms with Gasteiger partial charge in [0, 0.05) is 34.5 Å². The number of nitrogens with one attached hydrogen (secondary N) is 1. The van der Waals surface area contributed by atoms with Crippen molar-refractivity contribution in [3.8, 4) is 0 Å². The number of allylic oxidation sites excluding steroid dienone is 2. The van der Waals surface area contributed by atoms with Gasteiger partial charge >= 0.3 is 0 Å². The molecule has 1 aromatic heterocycles. The lowest BCUT2D eigenvalue weighted by molar-refractivity contribution is -0.385. The number of fused-ring (bicyclic) bond motifs is 1. The van der Waals surface area contributed by atoms with Crippen LogP contribution in [0, 0.1) is 10.1 Å². The zero-order chi connectivity index (χ0) is 22.2. The van der Waals surface area contributed by atoms with E-state index in [2.05, 4.69) is 15.4 Å². The minimum absolute atomic E-state index is 0.0201. The first-order chi connectivity index (χ1) is 15.5. The summed E-state index contributed by atoms with van der Waals surface area (Å²) < 4.78 is 1.60. The van der Waals surface area contributed by atoms with E-state index in [4.69, 9.17) is 11.6 Å². The number of thioether (sulfide) groups is 1. The lowest BCUT2D eigenvalue weighted by Gasteiger charge is -2.31. The number of carbonyl (C=O) groups excluding carboxylic acids is 1. The third kappa shape index (κ3) is 3.67. The Bertz CT molecular complexity index is 1270. The number of anilines is 1. The number of nitrogens with zero attached hydrogens (tertiary/aromatic N) is 4. The molecule has 3 aromatic rings. The van der Waals surface area contributed by atoms with Crippen molar-refractivity contribution in [3.05, 3.63) is 86.1 Å². The van der Waals surface area contributed by atoms with Crippen LogP contribution in [0.2, 0.25) is 5.02 Å². The largest absolute Gasteiger partial charge is 0.328 e. The fourth-order valence-corrected chi connectivity index (χ4v) is 5.24. The second kappa shape index (κ2) is 8.40. The highest BCUT2D eigenvalue weighted by molar-refractivity contribution is 7.98. The van der Waals surface area contributed by atoms with Gasteiger partial charge in [-0.15, -0.1) is 5.10 Å². The summed E-state index contributed by atoms with van der Waals surface area (Å²) in [6.45, 7) is 0. The number of aromatic nitrogens is 3. The molecule has 0 amide bonds. The van der Waals surface area contributed by atoms with Crippen molar-refractivity contribution < 1.29 is 9.72 Å². The highest BCUT2D eigenvalue weighted by Gasteiger charge is 2.39. The Labute approximate surface area is 192 Å². The molecule has 1 N–H and O–H groups in total.